The Morgan fingerprint density at radius 2 is 2.20 bits per heavy atom. The van der Waals surface area contributed by atoms with Crippen LogP contribution in [-0.4, -0.2) is 34.3 Å². The molecule has 5 heteroatoms. The zero-order valence-corrected chi connectivity index (χ0v) is 10.1. The lowest BCUT2D eigenvalue weighted by molar-refractivity contribution is 0.579. The van der Waals surface area contributed by atoms with Gasteiger partial charge in [0.15, 0.2) is 0 Å². The molecule has 0 atom stereocenters. The van der Waals surface area contributed by atoms with Crippen molar-refractivity contribution in [3.05, 3.63) is 11.6 Å². The minimum atomic E-state index is -3.08. The van der Waals surface area contributed by atoms with E-state index in [2.05, 4.69) is 16.1 Å². The molecule has 4 nitrogen and oxygen atoms in total. The molecule has 0 saturated heterocycles. The van der Waals surface area contributed by atoms with E-state index in [4.69, 9.17) is 0 Å². The van der Waals surface area contributed by atoms with Crippen LogP contribution in [0.3, 0.4) is 0 Å². The second-order valence-corrected chi connectivity index (χ2v) is 5.75. The smallest absolute Gasteiger partial charge is 0.212 e. The summed E-state index contributed by atoms with van der Waals surface area (Å²) in [5.74, 6) is 0.155. The zero-order chi connectivity index (χ0) is 11.1. The van der Waals surface area contributed by atoms with Gasteiger partial charge >= 0.3 is 0 Å². The Hall–Kier alpha value is -0.390. The second kappa shape index (κ2) is 6.25. The molecule has 0 aromatic carbocycles. The van der Waals surface area contributed by atoms with E-state index in [0.717, 1.165) is 19.3 Å². The molecule has 0 aromatic heterocycles. The maximum absolute atomic E-state index is 11.4. The number of sulfonamides is 1. The molecule has 2 N–H and O–H groups in total. The van der Waals surface area contributed by atoms with Crippen LogP contribution in [0.15, 0.2) is 11.6 Å². The highest BCUT2D eigenvalue weighted by atomic mass is 32.2. The van der Waals surface area contributed by atoms with Gasteiger partial charge in [0.25, 0.3) is 0 Å². The number of nitrogens with one attached hydrogen (secondary N) is 2. The third kappa shape index (κ3) is 5.30. The van der Waals surface area contributed by atoms with Crippen molar-refractivity contribution in [2.75, 3.05) is 25.9 Å². The Kier molecular flexibility index (Phi) is 5.28. The van der Waals surface area contributed by atoms with Gasteiger partial charge in [0.2, 0.25) is 10.0 Å². The van der Waals surface area contributed by atoms with Crippen molar-refractivity contribution in [3.8, 4) is 0 Å². The molecular weight excluding hydrogens is 212 g/mol. The van der Waals surface area contributed by atoms with Gasteiger partial charge in [0, 0.05) is 13.1 Å². The minimum Gasteiger partial charge on any atom is -0.319 e. The molecule has 15 heavy (non-hydrogen) atoms. The predicted octanol–water partition coefficient (Wildman–Crippen LogP) is 0.626. The number of rotatable bonds is 7. The molecule has 0 bridgehead atoms. The highest BCUT2D eigenvalue weighted by Crippen LogP contribution is 2.19. The van der Waals surface area contributed by atoms with Crippen molar-refractivity contribution >= 4 is 10.0 Å². The first-order valence-electron chi connectivity index (χ1n) is 5.44. The van der Waals surface area contributed by atoms with Crippen LogP contribution in [-0.2, 0) is 10.0 Å². The van der Waals surface area contributed by atoms with E-state index in [9.17, 15) is 8.42 Å². The third-order valence-corrected chi connectivity index (χ3v) is 3.91. The summed E-state index contributed by atoms with van der Waals surface area (Å²) in [6.07, 6.45) is 6.60. The summed E-state index contributed by atoms with van der Waals surface area (Å²) in [7, 11) is -1.33. The Morgan fingerprint density at radius 1 is 1.40 bits per heavy atom. The molecule has 88 valence electrons. The quantitative estimate of drug-likeness (QED) is 0.633. The van der Waals surface area contributed by atoms with Crippen molar-refractivity contribution in [3.63, 3.8) is 0 Å². The fraction of sp³-hybridized carbons (Fsp3) is 0.800. The van der Waals surface area contributed by atoms with Crippen LogP contribution in [0.4, 0.5) is 0 Å². The predicted molar refractivity (Wildman–Crippen MR) is 62.3 cm³/mol. The lowest BCUT2D eigenvalue weighted by atomic mass is 10.2. The summed E-state index contributed by atoms with van der Waals surface area (Å²) in [6, 6.07) is 0. The Bertz CT molecular complexity index is 309. The molecular formula is C10H20N2O2S. The summed E-state index contributed by atoms with van der Waals surface area (Å²) in [5, 5.41) is 2.82. The van der Waals surface area contributed by atoms with Gasteiger partial charge in [-0.1, -0.05) is 11.6 Å². The topological polar surface area (TPSA) is 58.2 Å². The van der Waals surface area contributed by atoms with E-state index in [-0.39, 0.29) is 5.75 Å². The van der Waals surface area contributed by atoms with Gasteiger partial charge in [-0.25, -0.2) is 13.1 Å². The van der Waals surface area contributed by atoms with Gasteiger partial charge in [0.05, 0.1) is 5.75 Å². The van der Waals surface area contributed by atoms with Gasteiger partial charge in [-0.3, -0.25) is 0 Å². The highest BCUT2D eigenvalue weighted by Gasteiger charge is 2.09. The molecule has 0 amide bonds. The van der Waals surface area contributed by atoms with Gasteiger partial charge in [-0.15, -0.1) is 0 Å². The molecule has 0 aromatic rings. The maximum Gasteiger partial charge on any atom is 0.212 e. The standard InChI is InChI=1S/C10H20N2O2S/c1-11-8-9-15(13,14)12-7-6-10-4-2-3-5-10/h4,11-12H,2-3,5-9H2,1H3. The molecule has 1 aliphatic carbocycles. The SMILES string of the molecule is CNCCS(=O)(=O)NCCC1=CCCC1. The normalized spacial score (nSPS) is 16.7. The van der Waals surface area contributed by atoms with Crippen LogP contribution < -0.4 is 10.0 Å². The van der Waals surface area contributed by atoms with Gasteiger partial charge in [0.1, 0.15) is 0 Å². The lowest BCUT2D eigenvalue weighted by Gasteiger charge is -2.06. The lowest BCUT2D eigenvalue weighted by Crippen LogP contribution is -2.31. The number of hydrogen-bond acceptors (Lipinski definition) is 3. The zero-order valence-electron chi connectivity index (χ0n) is 9.25. The van der Waals surface area contributed by atoms with E-state index >= 15 is 0 Å². The monoisotopic (exact) mass is 232 g/mol. The summed E-state index contributed by atoms with van der Waals surface area (Å²) in [4.78, 5) is 0. The van der Waals surface area contributed by atoms with E-state index in [0.29, 0.717) is 13.1 Å². The fourth-order valence-corrected chi connectivity index (χ4v) is 2.67. The van der Waals surface area contributed by atoms with Crippen molar-refractivity contribution in [2.24, 2.45) is 0 Å². The molecule has 0 spiro atoms. The van der Waals surface area contributed by atoms with E-state index in [1.165, 1.54) is 12.0 Å². The molecule has 1 aliphatic rings. The molecule has 1 rings (SSSR count). The summed E-state index contributed by atoms with van der Waals surface area (Å²) in [5.41, 5.74) is 1.39. The Labute approximate surface area is 92.2 Å². The Morgan fingerprint density at radius 3 is 2.80 bits per heavy atom. The van der Waals surface area contributed by atoms with Gasteiger partial charge in [-0.05, 0) is 32.7 Å². The maximum atomic E-state index is 11.4. The van der Waals surface area contributed by atoms with Crippen LogP contribution in [0.2, 0.25) is 0 Å². The highest BCUT2D eigenvalue weighted by molar-refractivity contribution is 7.89. The third-order valence-electron chi connectivity index (χ3n) is 2.52. The van der Waals surface area contributed by atoms with Crippen molar-refractivity contribution in [1.29, 1.82) is 0 Å². The first-order valence-corrected chi connectivity index (χ1v) is 7.09. The molecule has 0 fully saturated rings. The first-order chi connectivity index (χ1) is 7.14. The average molecular weight is 232 g/mol. The Balaban J connectivity index is 2.18. The average Bonchev–Trinajstić information content (AvgIpc) is 2.67. The minimum absolute atomic E-state index is 0.155. The summed E-state index contributed by atoms with van der Waals surface area (Å²) in [6.45, 7) is 1.04. The van der Waals surface area contributed by atoms with Crippen LogP contribution >= 0.6 is 0 Å². The number of hydrogen-bond donors (Lipinski definition) is 2. The molecule has 0 unspecified atom stereocenters. The summed E-state index contributed by atoms with van der Waals surface area (Å²) < 4.78 is 25.4. The first kappa shape index (κ1) is 12.7. The summed E-state index contributed by atoms with van der Waals surface area (Å²) >= 11 is 0. The van der Waals surface area contributed by atoms with Crippen LogP contribution in [0.25, 0.3) is 0 Å². The molecule has 0 saturated carbocycles. The van der Waals surface area contributed by atoms with Crippen LogP contribution in [0.5, 0.6) is 0 Å². The second-order valence-electron chi connectivity index (χ2n) is 3.82. The molecule has 0 aliphatic heterocycles. The van der Waals surface area contributed by atoms with Crippen molar-refractivity contribution in [2.45, 2.75) is 25.7 Å². The van der Waals surface area contributed by atoms with E-state index in [1.54, 1.807) is 7.05 Å². The van der Waals surface area contributed by atoms with Crippen molar-refractivity contribution in [1.82, 2.24) is 10.0 Å². The van der Waals surface area contributed by atoms with Crippen molar-refractivity contribution < 1.29 is 8.42 Å². The molecule has 0 radical (unpaired) electrons. The molecule has 0 heterocycles. The largest absolute Gasteiger partial charge is 0.319 e. The van der Waals surface area contributed by atoms with Crippen LogP contribution in [0, 0.1) is 0 Å². The number of allylic oxidation sites excluding steroid dienone is 1. The van der Waals surface area contributed by atoms with Gasteiger partial charge in [-0.2, -0.15) is 0 Å². The van der Waals surface area contributed by atoms with E-state index < -0.39 is 10.0 Å². The fourth-order valence-electron chi connectivity index (χ4n) is 1.64. The van der Waals surface area contributed by atoms with Crippen LogP contribution in [0.1, 0.15) is 25.7 Å². The van der Waals surface area contributed by atoms with E-state index in [1.807, 2.05) is 0 Å². The van der Waals surface area contributed by atoms with Gasteiger partial charge < -0.3 is 5.32 Å².